The van der Waals surface area contributed by atoms with Crippen LogP contribution in [0.1, 0.15) is 49.7 Å². The van der Waals surface area contributed by atoms with Gasteiger partial charge in [-0.3, -0.25) is 0 Å². The zero-order chi connectivity index (χ0) is 15.0. The summed E-state index contributed by atoms with van der Waals surface area (Å²) in [7, 11) is -1.74. The first-order chi connectivity index (χ1) is 9.35. The summed E-state index contributed by atoms with van der Waals surface area (Å²) in [4.78, 5) is 0.309. The highest BCUT2D eigenvalue weighted by Gasteiger charge is 2.40. The Kier molecular flexibility index (Phi) is 4.27. The Morgan fingerprint density at radius 1 is 1.25 bits per heavy atom. The monoisotopic (exact) mass is 300 g/mol. The molecule has 0 saturated heterocycles. The van der Waals surface area contributed by atoms with Gasteiger partial charge in [0.15, 0.2) is 0 Å². The van der Waals surface area contributed by atoms with Gasteiger partial charge in [0.1, 0.15) is 16.4 Å². The third-order valence-electron chi connectivity index (χ3n) is 4.29. The van der Waals surface area contributed by atoms with Crippen LogP contribution in [0.5, 0.6) is 0 Å². The number of hydrogen-bond donors (Lipinski definition) is 2. The quantitative estimate of drug-likeness (QED) is 0.845. The molecule has 6 heteroatoms. The first kappa shape index (κ1) is 15.5. The second-order valence-electron chi connectivity index (χ2n) is 5.65. The molecule has 2 rings (SSSR count). The van der Waals surface area contributed by atoms with Crippen LogP contribution in [0.3, 0.4) is 0 Å². The van der Waals surface area contributed by atoms with E-state index in [1.165, 1.54) is 0 Å². The van der Waals surface area contributed by atoms with Crippen molar-refractivity contribution in [3.8, 4) is 0 Å². The Balaban J connectivity index is 2.39. The van der Waals surface area contributed by atoms with Crippen LogP contribution >= 0.6 is 0 Å². The maximum atomic E-state index is 12.7. The van der Waals surface area contributed by atoms with Gasteiger partial charge in [0.2, 0.25) is 10.0 Å². The minimum atomic E-state index is -3.54. The molecule has 0 unspecified atom stereocenters. The van der Waals surface area contributed by atoms with Crippen LogP contribution in [0.4, 0.5) is 0 Å². The SMILES string of the molecule is CCC1(NS(=O)(=O)c2c(C)oc(C)c2CNC)CCC1. The van der Waals surface area contributed by atoms with E-state index in [-0.39, 0.29) is 5.54 Å². The van der Waals surface area contributed by atoms with Crippen molar-refractivity contribution in [3.05, 3.63) is 17.1 Å². The standard InChI is InChI=1S/C14H24N2O3S/c1-5-14(7-6-8-14)16-20(17,18)13-11(3)19-10(2)12(13)9-15-4/h15-16H,5-9H2,1-4H3. The third kappa shape index (κ3) is 2.64. The van der Waals surface area contributed by atoms with Gasteiger partial charge < -0.3 is 9.73 Å². The molecule has 1 aromatic heterocycles. The largest absolute Gasteiger partial charge is 0.465 e. The second kappa shape index (κ2) is 5.50. The summed E-state index contributed by atoms with van der Waals surface area (Å²) in [5.41, 5.74) is 0.468. The van der Waals surface area contributed by atoms with Gasteiger partial charge in [0, 0.05) is 17.6 Å². The first-order valence-corrected chi connectivity index (χ1v) is 8.61. The van der Waals surface area contributed by atoms with Crippen molar-refractivity contribution >= 4 is 10.0 Å². The summed E-state index contributed by atoms with van der Waals surface area (Å²) in [5.74, 6) is 1.13. The van der Waals surface area contributed by atoms with E-state index in [2.05, 4.69) is 10.0 Å². The smallest absolute Gasteiger partial charge is 0.244 e. The molecule has 5 nitrogen and oxygen atoms in total. The van der Waals surface area contributed by atoms with Crippen LogP contribution < -0.4 is 10.0 Å². The van der Waals surface area contributed by atoms with E-state index in [4.69, 9.17) is 4.42 Å². The minimum Gasteiger partial charge on any atom is -0.465 e. The fourth-order valence-electron chi connectivity index (χ4n) is 2.91. The van der Waals surface area contributed by atoms with Gasteiger partial charge in [0.25, 0.3) is 0 Å². The Morgan fingerprint density at radius 2 is 1.90 bits per heavy atom. The van der Waals surface area contributed by atoms with Crippen molar-refractivity contribution in [1.82, 2.24) is 10.0 Å². The molecule has 0 atom stereocenters. The number of nitrogens with one attached hydrogen (secondary N) is 2. The lowest BCUT2D eigenvalue weighted by Crippen LogP contribution is -2.52. The van der Waals surface area contributed by atoms with Crippen LogP contribution in [0, 0.1) is 13.8 Å². The van der Waals surface area contributed by atoms with Gasteiger partial charge in [-0.1, -0.05) is 6.92 Å². The van der Waals surface area contributed by atoms with E-state index in [1.807, 2.05) is 6.92 Å². The average molecular weight is 300 g/mol. The van der Waals surface area contributed by atoms with E-state index < -0.39 is 10.0 Å². The molecule has 1 aromatic rings. The summed E-state index contributed by atoms with van der Waals surface area (Å²) in [6, 6.07) is 0. The summed E-state index contributed by atoms with van der Waals surface area (Å²) >= 11 is 0. The van der Waals surface area contributed by atoms with Crippen LogP contribution in [-0.4, -0.2) is 21.0 Å². The summed E-state index contributed by atoms with van der Waals surface area (Å²) in [5, 5.41) is 3.00. The highest BCUT2D eigenvalue weighted by molar-refractivity contribution is 7.89. The van der Waals surface area contributed by atoms with Gasteiger partial charge in [-0.05, 0) is 46.6 Å². The van der Waals surface area contributed by atoms with Crippen molar-refractivity contribution in [3.63, 3.8) is 0 Å². The molecule has 114 valence electrons. The van der Waals surface area contributed by atoms with Gasteiger partial charge in [-0.15, -0.1) is 0 Å². The van der Waals surface area contributed by atoms with E-state index in [0.717, 1.165) is 31.2 Å². The Bertz CT molecular complexity index is 580. The van der Waals surface area contributed by atoms with Crippen molar-refractivity contribution in [2.24, 2.45) is 0 Å². The van der Waals surface area contributed by atoms with Crippen LogP contribution in [0.15, 0.2) is 9.31 Å². The number of aryl methyl sites for hydroxylation is 2. The average Bonchev–Trinajstić information content (AvgIpc) is 2.60. The lowest BCUT2D eigenvalue weighted by Gasteiger charge is -2.41. The van der Waals surface area contributed by atoms with Crippen LogP contribution in [-0.2, 0) is 16.6 Å². The van der Waals surface area contributed by atoms with Crippen molar-refractivity contribution < 1.29 is 12.8 Å². The van der Waals surface area contributed by atoms with E-state index >= 15 is 0 Å². The summed E-state index contributed by atoms with van der Waals surface area (Å²) in [6.45, 7) is 6.03. The molecule has 1 saturated carbocycles. The number of sulfonamides is 1. The molecule has 1 fully saturated rings. The summed E-state index contributed by atoms with van der Waals surface area (Å²) < 4.78 is 33.9. The zero-order valence-electron chi connectivity index (χ0n) is 12.7. The van der Waals surface area contributed by atoms with Crippen LogP contribution in [0.2, 0.25) is 0 Å². The molecule has 2 N–H and O–H groups in total. The number of rotatable bonds is 6. The first-order valence-electron chi connectivity index (χ1n) is 7.12. The van der Waals surface area contributed by atoms with Crippen molar-refractivity contribution in [1.29, 1.82) is 0 Å². The maximum absolute atomic E-state index is 12.7. The van der Waals surface area contributed by atoms with Gasteiger partial charge in [-0.2, -0.15) is 0 Å². The van der Waals surface area contributed by atoms with Gasteiger partial charge in [-0.25, -0.2) is 13.1 Å². The molecule has 1 heterocycles. The van der Waals surface area contributed by atoms with E-state index in [1.54, 1.807) is 20.9 Å². The Morgan fingerprint density at radius 3 is 2.35 bits per heavy atom. The molecule has 1 aliphatic carbocycles. The molecule has 0 bridgehead atoms. The normalized spacial score (nSPS) is 18.0. The molecule has 0 amide bonds. The molecule has 20 heavy (non-hydrogen) atoms. The van der Waals surface area contributed by atoms with E-state index in [9.17, 15) is 8.42 Å². The molecule has 0 radical (unpaired) electrons. The number of hydrogen-bond acceptors (Lipinski definition) is 4. The predicted octanol–water partition coefficient (Wildman–Crippen LogP) is 2.23. The predicted molar refractivity (Wildman–Crippen MR) is 78.1 cm³/mol. The van der Waals surface area contributed by atoms with Gasteiger partial charge >= 0.3 is 0 Å². The molecule has 0 aliphatic heterocycles. The fraction of sp³-hybridized carbons (Fsp3) is 0.714. The molecule has 1 aliphatic rings. The fourth-order valence-corrected chi connectivity index (χ4v) is 4.89. The van der Waals surface area contributed by atoms with Crippen LogP contribution in [0.25, 0.3) is 0 Å². The highest BCUT2D eigenvalue weighted by Crippen LogP contribution is 2.37. The maximum Gasteiger partial charge on any atom is 0.244 e. The van der Waals surface area contributed by atoms with Gasteiger partial charge in [0.05, 0.1) is 0 Å². The van der Waals surface area contributed by atoms with Crippen molar-refractivity contribution in [2.45, 2.75) is 63.4 Å². The molecular formula is C14H24N2O3S. The lowest BCUT2D eigenvalue weighted by atomic mass is 9.76. The minimum absolute atomic E-state index is 0.257. The Labute approximate surface area is 121 Å². The Hall–Kier alpha value is -0.850. The topological polar surface area (TPSA) is 71.3 Å². The third-order valence-corrected chi connectivity index (χ3v) is 6.06. The van der Waals surface area contributed by atoms with E-state index in [0.29, 0.717) is 23.0 Å². The molecule has 0 spiro atoms. The lowest BCUT2D eigenvalue weighted by molar-refractivity contribution is 0.213. The molecular weight excluding hydrogens is 276 g/mol. The summed E-state index contributed by atoms with van der Waals surface area (Å²) in [6.07, 6.45) is 3.74. The second-order valence-corrected chi connectivity index (χ2v) is 7.26. The van der Waals surface area contributed by atoms with Crippen molar-refractivity contribution in [2.75, 3.05) is 7.05 Å². The number of furan rings is 1. The highest BCUT2D eigenvalue weighted by atomic mass is 32.2. The molecule has 0 aromatic carbocycles. The zero-order valence-corrected chi connectivity index (χ0v) is 13.5.